The van der Waals surface area contributed by atoms with Gasteiger partial charge in [-0.1, -0.05) is 70.2 Å². The number of hydrogen-bond acceptors (Lipinski definition) is 6. The Bertz CT molecular complexity index is 782. The van der Waals surface area contributed by atoms with E-state index < -0.39 is 36.4 Å². The number of carbonyl (C=O) groups excluding carboxylic acids is 3. The Morgan fingerprint density at radius 3 is 2.24 bits per heavy atom. The topological polar surface area (TPSA) is 136 Å². The summed E-state index contributed by atoms with van der Waals surface area (Å²) in [5.41, 5.74) is 8.31. The molecular formula is C24H38N4O5. The van der Waals surface area contributed by atoms with Crippen molar-refractivity contribution in [2.24, 2.45) is 17.6 Å². The zero-order valence-electron chi connectivity index (χ0n) is 20.0. The van der Waals surface area contributed by atoms with Crippen LogP contribution in [0.3, 0.4) is 0 Å². The first kappa shape index (κ1) is 28.3. The summed E-state index contributed by atoms with van der Waals surface area (Å²) >= 11 is 0. The standard InChI is InChI=1S/C24H38N4O5/c1-17(2)13-14-22(30)28(27(15-18(3)4)24(32)20(25)16-29)21(23(31)26-33)12-8-11-19-9-6-5-7-10-19/h5-11,17-18,20-21,29,33H,12-16,25H2,1-4H3,(H,26,31)/t20-,21+/m1/s1. The third kappa shape index (κ3) is 9.33. The molecule has 1 aromatic rings. The van der Waals surface area contributed by atoms with E-state index >= 15 is 0 Å². The van der Waals surface area contributed by atoms with Crippen molar-refractivity contribution in [3.05, 3.63) is 42.0 Å². The zero-order valence-corrected chi connectivity index (χ0v) is 20.0. The van der Waals surface area contributed by atoms with Gasteiger partial charge in [-0.25, -0.2) is 15.5 Å². The average molecular weight is 463 g/mol. The molecule has 2 atom stereocenters. The lowest BCUT2D eigenvalue weighted by Gasteiger charge is -2.41. The lowest BCUT2D eigenvalue weighted by molar-refractivity contribution is -0.176. The van der Waals surface area contributed by atoms with E-state index in [1.807, 2.05) is 58.0 Å². The first-order valence-corrected chi connectivity index (χ1v) is 11.3. The number of amides is 3. The molecule has 0 heterocycles. The minimum atomic E-state index is -1.25. The Hall–Kier alpha value is -2.75. The number of benzene rings is 1. The van der Waals surface area contributed by atoms with Crippen molar-refractivity contribution in [3.8, 4) is 0 Å². The number of nitrogens with one attached hydrogen (secondary N) is 1. The second kappa shape index (κ2) is 14.4. The monoisotopic (exact) mass is 462 g/mol. The average Bonchev–Trinajstić information content (AvgIpc) is 2.79. The fraction of sp³-hybridized carbons (Fsp3) is 0.542. The molecule has 1 rings (SSSR count). The van der Waals surface area contributed by atoms with Gasteiger partial charge in [-0.15, -0.1) is 0 Å². The van der Waals surface area contributed by atoms with Crippen LogP contribution in [0.2, 0.25) is 0 Å². The van der Waals surface area contributed by atoms with Crippen LogP contribution in [0.25, 0.3) is 6.08 Å². The van der Waals surface area contributed by atoms with Crippen LogP contribution in [0.4, 0.5) is 0 Å². The van der Waals surface area contributed by atoms with Crippen LogP contribution < -0.4 is 11.2 Å². The highest BCUT2D eigenvalue weighted by Crippen LogP contribution is 2.18. The highest BCUT2D eigenvalue weighted by Gasteiger charge is 2.37. The van der Waals surface area contributed by atoms with E-state index in [1.54, 1.807) is 17.6 Å². The van der Waals surface area contributed by atoms with Gasteiger partial charge in [0, 0.05) is 13.0 Å². The zero-order chi connectivity index (χ0) is 25.0. The van der Waals surface area contributed by atoms with Gasteiger partial charge in [0.1, 0.15) is 12.1 Å². The van der Waals surface area contributed by atoms with Crippen LogP contribution in [-0.2, 0) is 14.4 Å². The maximum absolute atomic E-state index is 13.3. The summed E-state index contributed by atoms with van der Waals surface area (Å²) in [6.45, 7) is 7.16. The Morgan fingerprint density at radius 2 is 1.73 bits per heavy atom. The molecule has 1 aromatic carbocycles. The van der Waals surface area contributed by atoms with Gasteiger partial charge in [-0.05, 0) is 30.2 Å². The molecule has 33 heavy (non-hydrogen) atoms. The minimum absolute atomic E-state index is 0.0466. The second-order valence-corrected chi connectivity index (χ2v) is 8.81. The summed E-state index contributed by atoms with van der Waals surface area (Å²) in [4.78, 5) is 39.0. The molecule has 184 valence electrons. The quantitative estimate of drug-likeness (QED) is 0.277. The summed E-state index contributed by atoms with van der Waals surface area (Å²) in [5, 5.41) is 21.1. The number of rotatable bonds is 12. The van der Waals surface area contributed by atoms with Crippen molar-refractivity contribution >= 4 is 23.8 Å². The van der Waals surface area contributed by atoms with Crippen LogP contribution in [-0.4, -0.2) is 63.3 Å². The van der Waals surface area contributed by atoms with E-state index in [4.69, 9.17) is 5.73 Å². The van der Waals surface area contributed by atoms with Gasteiger partial charge in [0.2, 0.25) is 5.91 Å². The van der Waals surface area contributed by atoms with Gasteiger partial charge in [0.25, 0.3) is 11.8 Å². The van der Waals surface area contributed by atoms with E-state index in [-0.39, 0.29) is 31.2 Å². The van der Waals surface area contributed by atoms with Gasteiger partial charge >= 0.3 is 0 Å². The van der Waals surface area contributed by atoms with E-state index in [2.05, 4.69) is 0 Å². The van der Waals surface area contributed by atoms with Crippen LogP contribution in [0.5, 0.6) is 0 Å². The molecule has 0 aliphatic heterocycles. The number of hydrogen-bond donors (Lipinski definition) is 4. The number of nitrogens with two attached hydrogens (primary N) is 1. The first-order chi connectivity index (χ1) is 15.6. The number of aliphatic hydroxyl groups is 1. The maximum atomic E-state index is 13.3. The second-order valence-electron chi connectivity index (χ2n) is 8.81. The van der Waals surface area contributed by atoms with Crippen molar-refractivity contribution in [2.45, 2.75) is 59.0 Å². The van der Waals surface area contributed by atoms with Gasteiger partial charge in [-0.3, -0.25) is 19.6 Å². The predicted octanol–water partition coefficient (Wildman–Crippen LogP) is 1.95. The van der Waals surface area contributed by atoms with Gasteiger partial charge in [0.05, 0.1) is 6.61 Å². The number of hydrazine groups is 1. The Morgan fingerprint density at radius 1 is 1.09 bits per heavy atom. The summed E-state index contributed by atoms with van der Waals surface area (Å²) in [6.07, 6.45) is 4.21. The third-order valence-corrected chi connectivity index (χ3v) is 4.93. The molecule has 0 fully saturated rings. The molecule has 0 aromatic heterocycles. The molecule has 5 N–H and O–H groups in total. The summed E-state index contributed by atoms with van der Waals surface area (Å²) in [7, 11) is 0. The molecule has 0 aliphatic carbocycles. The van der Waals surface area contributed by atoms with Gasteiger partial charge in [-0.2, -0.15) is 0 Å². The molecule has 0 saturated heterocycles. The lowest BCUT2D eigenvalue weighted by atomic mass is 10.1. The maximum Gasteiger partial charge on any atom is 0.268 e. The molecule has 0 spiro atoms. The molecule has 9 heteroatoms. The molecule has 3 amide bonds. The van der Waals surface area contributed by atoms with E-state index in [0.717, 1.165) is 15.6 Å². The number of nitrogens with zero attached hydrogens (tertiary/aromatic N) is 2. The van der Waals surface area contributed by atoms with Crippen molar-refractivity contribution in [1.82, 2.24) is 15.5 Å². The SMILES string of the molecule is CC(C)CCC(=O)N([C@@H](CC=Cc1ccccc1)C(=O)NO)N(CC(C)C)C(=O)[C@H](N)CO. The fourth-order valence-electron chi connectivity index (χ4n) is 3.19. The Kier molecular flexibility index (Phi) is 12.3. The van der Waals surface area contributed by atoms with E-state index in [9.17, 15) is 24.7 Å². The van der Waals surface area contributed by atoms with Crippen molar-refractivity contribution in [2.75, 3.05) is 13.2 Å². The lowest BCUT2D eigenvalue weighted by Crippen LogP contribution is -2.62. The molecule has 0 bridgehead atoms. The van der Waals surface area contributed by atoms with Crippen molar-refractivity contribution in [1.29, 1.82) is 0 Å². The molecule has 0 radical (unpaired) electrons. The summed E-state index contributed by atoms with van der Waals surface area (Å²) < 4.78 is 0. The Balaban J connectivity index is 3.40. The van der Waals surface area contributed by atoms with Crippen LogP contribution in [0.15, 0.2) is 36.4 Å². The number of aliphatic hydroxyl groups excluding tert-OH is 1. The summed E-state index contributed by atoms with van der Waals surface area (Å²) in [6, 6.07) is 6.96. The van der Waals surface area contributed by atoms with Crippen LogP contribution in [0, 0.1) is 11.8 Å². The normalized spacial score (nSPS) is 13.2. The Labute approximate surface area is 196 Å². The molecule has 0 aliphatic rings. The van der Waals surface area contributed by atoms with Gasteiger partial charge in [0.15, 0.2) is 0 Å². The smallest absolute Gasteiger partial charge is 0.268 e. The molecule has 9 nitrogen and oxygen atoms in total. The largest absolute Gasteiger partial charge is 0.394 e. The molecule has 0 unspecified atom stereocenters. The predicted molar refractivity (Wildman–Crippen MR) is 126 cm³/mol. The minimum Gasteiger partial charge on any atom is -0.394 e. The van der Waals surface area contributed by atoms with Crippen molar-refractivity contribution in [3.63, 3.8) is 0 Å². The fourth-order valence-corrected chi connectivity index (χ4v) is 3.19. The van der Waals surface area contributed by atoms with Gasteiger partial charge < -0.3 is 10.8 Å². The third-order valence-electron chi connectivity index (χ3n) is 4.93. The highest BCUT2D eigenvalue weighted by molar-refractivity contribution is 5.90. The number of hydroxylamine groups is 1. The van der Waals surface area contributed by atoms with E-state index in [1.165, 1.54) is 0 Å². The molecular weight excluding hydrogens is 424 g/mol. The highest BCUT2D eigenvalue weighted by atomic mass is 16.5. The molecule has 0 saturated carbocycles. The number of carbonyl (C=O) groups is 3. The summed E-state index contributed by atoms with van der Waals surface area (Å²) in [5.74, 6) is -1.77. The van der Waals surface area contributed by atoms with Crippen LogP contribution >= 0.6 is 0 Å². The first-order valence-electron chi connectivity index (χ1n) is 11.3. The van der Waals surface area contributed by atoms with E-state index in [0.29, 0.717) is 6.42 Å². The van der Waals surface area contributed by atoms with Crippen LogP contribution in [0.1, 0.15) is 52.5 Å². The van der Waals surface area contributed by atoms with Crippen molar-refractivity contribution < 1.29 is 24.7 Å².